The van der Waals surface area contributed by atoms with Crippen molar-refractivity contribution >= 4 is 12.6 Å². The van der Waals surface area contributed by atoms with Gasteiger partial charge in [0.15, 0.2) is 0 Å². The zero-order valence-corrected chi connectivity index (χ0v) is 20.7. The van der Waals surface area contributed by atoms with Crippen LogP contribution in [0.5, 0.6) is 0 Å². The van der Waals surface area contributed by atoms with E-state index >= 15 is 0 Å². The van der Waals surface area contributed by atoms with Gasteiger partial charge in [0, 0.05) is 30.0 Å². The number of carbonyl (C=O) groups is 2. The molecule has 0 aromatic heterocycles. The van der Waals surface area contributed by atoms with Gasteiger partial charge < -0.3 is 9.59 Å². The van der Waals surface area contributed by atoms with Crippen LogP contribution < -0.4 is 0 Å². The standard InChI is InChI=1S/C29H47NO2/c1-29(2)27-6-4-3-5-25(27)26-16-15-24(17-28(26)29)30(22-11-7-20(18-31)8-12-22)23-13-9-21(19-32)10-14-23/h18-28H,3-17H2,1-2H3. The second-order valence-electron chi connectivity index (χ2n) is 13.0. The largest absolute Gasteiger partial charge is 0.303 e. The molecule has 0 radical (unpaired) electrons. The van der Waals surface area contributed by atoms with Crippen LogP contribution in [-0.4, -0.2) is 35.6 Å². The van der Waals surface area contributed by atoms with Crippen LogP contribution in [0.3, 0.4) is 0 Å². The van der Waals surface area contributed by atoms with Gasteiger partial charge >= 0.3 is 0 Å². The Labute approximate surface area is 196 Å². The van der Waals surface area contributed by atoms with Gasteiger partial charge in [-0.2, -0.15) is 0 Å². The molecular weight excluding hydrogens is 394 g/mol. The molecule has 5 unspecified atom stereocenters. The molecule has 32 heavy (non-hydrogen) atoms. The zero-order valence-electron chi connectivity index (χ0n) is 20.7. The minimum absolute atomic E-state index is 0.298. The number of rotatable bonds is 5. The fraction of sp³-hybridized carbons (Fsp3) is 0.931. The predicted molar refractivity (Wildman–Crippen MR) is 129 cm³/mol. The van der Waals surface area contributed by atoms with E-state index in [1.54, 1.807) is 0 Å². The Morgan fingerprint density at radius 1 is 0.594 bits per heavy atom. The molecule has 0 N–H and O–H groups in total. The van der Waals surface area contributed by atoms with E-state index in [0.29, 0.717) is 29.3 Å². The number of fused-ring (bicyclic) bond motifs is 3. The highest BCUT2D eigenvalue weighted by Crippen LogP contribution is 2.63. The number of nitrogens with zero attached hydrogens (tertiary/aromatic N) is 1. The van der Waals surface area contributed by atoms with Gasteiger partial charge in [0.1, 0.15) is 12.6 Å². The summed E-state index contributed by atoms with van der Waals surface area (Å²) < 4.78 is 0. The molecule has 180 valence electrons. The minimum atomic E-state index is 0.298. The van der Waals surface area contributed by atoms with Gasteiger partial charge in [-0.15, -0.1) is 0 Å². The summed E-state index contributed by atoms with van der Waals surface area (Å²) in [6, 6.07) is 2.06. The van der Waals surface area contributed by atoms with Crippen molar-refractivity contribution in [3.05, 3.63) is 0 Å². The van der Waals surface area contributed by atoms with Crippen molar-refractivity contribution < 1.29 is 9.59 Å². The highest BCUT2D eigenvalue weighted by molar-refractivity contribution is 5.54. The molecule has 3 heteroatoms. The fourth-order valence-electron chi connectivity index (χ4n) is 9.65. The van der Waals surface area contributed by atoms with E-state index in [2.05, 4.69) is 18.7 Å². The lowest BCUT2D eigenvalue weighted by atomic mass is 9.66. The Bertz CT molecular complexity index is 630. The molecule has 0 aliphatic heterocycles. The van der Waals surface area contributed by atoms with Gasteiger partial charge in [-0.3, -0.25) is 4.90 Å². The maximum absolute atomic E-state index is 11.4. The average molecular weight is 442 g/mol. The lowest BCUT2D eigenvalue weighted by Crippen LogP contribution is -2.54. The van der Waals surface area contributed by atoms with Gasteiger partial charge in [-0.05, 0) is 113 Å². The van der Waals surface area contributed by atoms with Crippen molar-refractivity contribution in [1.82, 2.24) is 4.90 Å². The van der Waals surface area contributed by atoms with E-state index in [1.165, 1.54) is 83.2 Å². The first-order chi connectivity index (χ1) is 15.5. The number of hydrogen-bond acceptors (Lipinski definition) is 3. The smallest absolute Gasteiger partial charge is 0.123 e. The van der Waals surface area contributed by atoms with Crippen LogP contribution in [0.1, 0.15) is 110 Å². The Balaban J connectivity index is 1.35. The van der Waals surface area contributed by atoms with Gasteiger partial charge in [-0.1, -0.05) is 26.7 Å². The summed E-state index contributed by atoms with van der Waals surface area (Å²) in [7, 11) is 0. The summed E-state index contributed by atoms with van der Waals surface area (Å²) in [6.07, 6.45) is 21.7. The third kappa shape index (κ3) is 4.14. The summed E-state index contributed by atoms with van der Waals surface area (Å²) in [6.45, 7) is 5.25. The molecule has 0 heterocycles. The monoisotopic (exact) mass is 441 g/mol. The minimum Gasteiger partial charge on any atom is -0.303 e. The van der Waals surface area contributed by atoms with Gasteiger partial charge in [0.2, 0.25) is 0 Å². The van der Waals surface area contributed by atoms with Gasteiger partial charge in [0.05, 0.1) is 0 Å². The lowest BCUT2D eigenvalue weighted by Gasteiger charge is -2.51. The van der Waals surface area contributed by atoms with E-state index in [0.717, 1.165) is 55.4 Å². The van der Waals surface area contributed by atoms with E-state index in [4.69, 9.17) is 0 Å². The average Bonchev–Trinajstić information content (AvgIpc) is 3.07. The molecule has 0 aromatic rings. The van der Waals surface area contributed by atoms with Crippen molar-refractivity contribution in [3.63, 3.8) is 0 Å². The molecule has 5 atom stereocenters. The third-order valence-electron chi connectivity index (χ3n) is 11.3. The van der Waals surface area contributed by atoms with Crippen molar-refractivity contribution in [3.8, 4) is 0 Å². The molecule has 0 aromatic carbocycles. The molecule has 5 aliphatic carbocycles. The lowest BCUT2D eigenvalue weighted by molar-refractivity contribution is -0.112. The quantitative estimate of drug-likeness (QED) is 0.461. The second-order valence-corrected chi connectivity index (χ2v) is 13.0. The Morgan fingerprint density at radius 3 is 1.66 bits per heavy atom. The summed E-state index contributed by atoms with van der Waals surface area (Å²) in [5.41, 5.74) is 0.504. The fourth-order valence-corrected chi connectivity index (χ4v) is 9.65. The normalized spacial score (nSPS) is 46.3. The SMILES string of the molecule is CC1(C)C2CCCCC2C2CCC(N(C3CCC(C=O)CC3)C3CCC(C=O)CC3)CC21. The Kier molecular flexibility index (Phi) is 6.85. The summed E-state index contributed by atoms with van der Waals surface area (Å²) in [5.74, 6) is 4.44. The third-order valence-corrected chi connectivity index (χ3v) is 11.3. The maximum atomic E-state index is 11.4. The summed E-state index contributed by atoms with van der Waals surface area (Å²) >= 11 is 0. The van der Waals surface area contributed by atoms with E-state index in [1.807, 2.05) is 0 Å². The molecule has 0 bridgehead atoms. The Hall–Kier alpha value is -0.700. The molecule has 5 saturated carbocycles. The first-order valence-electron chi connectivity index (χ1n) is 14.2. The zero-order chi connectivity index (χ0) is 22.3. The van der Waals surface area contributed by atoms with Crippen molar-refractivity contribution in [2.75, 3.05) is 0 Å². The van der Waals surface area contributed by atoms with Gasteiger partial charge in [0.25, 0.3) is 0 Å². The van der Waals surface area contributed by atoms with Crippen LogP contribution in [0.4, 0.5) is 0 Å². The highest BCUT2D eigenvalue weighted by atomic mass is 16.1. The molecule has 5 rings (SSSR count). The molecular formula is C29H47NO2. The van der Waals surface area contributed by atoms with Crippen LogP contribution in [0.15, 0.2) is 0 Å². The van der Waals surface area contributed by atoms with Crippen LogP contribution in [0.25, 0.3) is 0 Å². The predicted octanol–water partition coefficient (Wildman–Crippen LogP) is 6.43. The van der Waals surface area contributed by atoms with Crippen LogP contribution in [-0.2, 0) is 9.59 Å². The maximum Gasteiger partial charge on any atom is 0.123 e. The first kappa shape index (κ1) is 23.1. The van der Waals surface area contributed by atoms with Crippen molar-refractivity contribution in [2.24, 2.45) is 40.9 Å². The highest BCUT2D eigenvalue weighted by Gasteiger charge is 2.57. The number of carbonyl (C=O) groups excluding carboxylic acids is 2. The molecule has 5 aliphatic rings. The van der Waals surface area contributed by atoms with Crippen LogP contribution in [0.2, 0.25) is 0 Å². The van der Waals surface area contributed by atoms with E-state index in [-0.39, 0.29) is 0 Å². The van der Waals surface area contributed by atoms with Crippen molar-refractivity contribution in [2.45, 2.75) is 128 Å². The van der Waals surface area contributed by atoms with Crippen LogP contribution in [0, 0.1) is 40.9 Å². The van der Waals surface area contributed by atoms with E-state index in [9.17, 15) is 9.59 Å². The van der Waals surface area contributed by atoms with E-state index < -0.39 is 0 Å². The van der Waals surface area contributed by atoms with Crippen LogP contribution >= 0.6 is 0 Å². The second kappa shape index (κ2) is 9.51. The molecule has 0 amide bonds. The molecule has 0 spiro atoms. The number of hydrogen-bond donors (Lipinski definition) is 0. The summed E-state index contributed by atoms with van der Waals surface area (Å²) in [4.78, 5) is 25.8. The number of aldehydes is 2. The molecule has 5 fully saturated rings. The van der Waals surface area contributed by atoms with Crippen molar-refractivity contribution in [1.29, 1.82) is 0 Å². The summed E-state index contributed by atoms with van der Waals surface area (Å²) in [5, 5.41) is 0. The van der Waals surface area contributed by atoms with Gasteiger partial charge in [-0.25, -0.2) is 0 Å². The topological polar surface area (TPSA) is 37.4 Å². The molecule has 0 saturated heterocycles. The Morgan fingerprint density at radius 2 is 1.09 bits per heavy atom. The molecule has 3 nitrogen and oxygen atoms in total. The first-order valence-corrected chi connectivity index (χ1v) is 14.2.